The van der Waals surface area contributed by atoms with E-state index in [0.717, 1.165) is 0 Å². The van der Waals surface area contributed by atoms with Crippen LogP contribution in [0.25, 0.3) is 0 Å². The molecule has 0 N–H and O–H groups in total. The molecule has 0 atom stereocenters. The summed E-state index contributed by atoms with van der Waals surface area (Å²) < 4.78 is 0. The van der Waals surface area contributed by atoms with Gasteiger partial charge in [0, 0.05) is 18.4 Å². The van der Waals surface area contributed by atoms with E-state index in [0.29, 0.717) is 0 Å². The fourth-order valence-electron chi connectivity index (χ4n) is 1.45. The maximum atomic E-state index is 2.17. The first kappa shape index (κ1) is 11.3. The normalized spacial score (nSPS) is 9.13. The van der Waals surface area contributed by atoms with E-state index in [4.69, 9.17) is 0 Å². The van der Waals surface area contributed by atoms with E-state index in [9.17, 15) is 0 Å². The van der Waals surface area contributed by atoms with Crippen LogP contribution in [0.1, 0.15) is 7.43 Å². The molecule has 0 saturated carbocycles. The number of nitrogens with zero attached hydrogens (tertiary/aromatic N) is 1. The molecule has 15 heavy (non-hydrogen) atoms. The molecule has 2 rings (SSSR count). The largest absolute Gasteiger partial charge is 0.345 e. The van der Waals surface area contributed by atoms with E-state index in [-0.39, 0.29) is 7.43 Å². The highest BCUT2D eigenvalue weighted by atomic mass is 15.1. The van der Waals surface area contributed by atoms with Crippen LogP contribution in [0.3, 0.4) is 0 Å². The highest BCUT2D eigenvalue weighted by Crippen LogP contribution is 2.21. The Balaban J connectivity index is 0.00000112. The van der Waals surface area contributed by atoms with Gasteiger partial charge in [-0.25, -0.2) is 0 Å². The molecule has 0 amide bonds. The van der Waals surface area contributed by atoms with Gasteiger partial charge in [-0.2, -0.15) is 0 Å². The van der Waals surface area contributed by atoms with Crippen LogP contribution in [0, 0.1) is 0 Å². The Morgan fingerprint density at radius 1 is 0.667 bits per heavy atom. The van der Waals surface area contributed by atoms with E-state index in [1.807, 2.05) is 12.1 Å². The summed E-state index contributed by atoms with van der Waals surface area (Å²) in [6, 6.07) is 20.7. The molecule has 0 aromatic heterocycles. The molecule has 1 heteroatoms. The zero-order valence-corrected chi connectivity index (χ0v) is 8.22. The van der Waals surface area contributed by atoms with Gasteiger partial charge in [0.05, 0.1) is 0 Å². The fourth-order valence-corrected chi connectivity index (χ4v) is 1.45. The lowest BCUT2D eigenvalue weighted by Gasteiger charge is -2.18. The maximum Gasteiger partial charge on any atom is 0.0408 e. The van der Waals surface area contributed by atoms with E-state index in [1.54, 1.807) is 0 Å². The van der Waals surface area contributed by atoms with Crippen LogP contribution in [0.15, 0.2) is 60.7 Å². The summed E-state index contributed by atoms with van der Waals surface area (Å²) >= 11 is 0. The van der Waals surface area contributed by atoms with Gasteiger partial charge in [0.15, 0.2) is 0 Å². The molecule has 0 bridgehead atoms. The molecular formula is C14H17N. The molecule has 0 fully saturated rings. The summed E-state index contributed by atoms with van der Waals surface area (Å²) in [7, 11) is 2.07. The monoisotopic (exact) mass is 199 g/mol. The quantitative estimate of drug-likeness (QED) is 0.704. The number of hydrogen-bond donors (Lipinski definition) is 0. The zero-order chi connectivity index (χ0) is 9.80. The lowest BCUT2D eigenvalue weighted by Crippen LogP contribution is -2.08. The maximum absolute atomic E-state index is 2.17. The van der Waals surface area contributed by atoms with Gasteiger partial charge in [0.2, 0.25) is 0 Å². The van der Waals surface area contributed by atoms with Crippen LogP contribution in [-0.4, -0.2) is 7.05 Å². The SMILES string of the molecule is C.CN(c1ccccc1)c1ccccc1. The third-order valence-electron chi connectivity index (χ3n) is 2.29. The molecule has 0 spiro atoms. The van der Waals surface area contributed by atoms with Crippen molar-refractivity contribution in [3.8, 4) is 0 Å². The minimum Gasteiger partial charge on any atom is -0.345 e. The summed E-state index contributed by atoms with van der Waals surface area (Å²) in [5, 5.41) is 0. The van der Waals surface area contributed by atoms with Gasteiger partial charge in [-0.05, 0) is 24.3 Å². The van der Waals surface area contributed by atoms with Crippen molar-refractivity contribution in [1.82, 2.24) is 0 Å². The average molecular weight is 199 g/mol. The second-order valence-electron chi connectivity index (χ2n) is 3.23. The highest BCUT2D eigenvalue weighted by molar-refractivity contribution is 5.61. The van der Waals surface area contributed by atoms with Gasteiger partial charge in [0.25, 0.3) is 0 Å². The van der Waals surface area contributed by atoms with Gasteiger partial charge in [0.1, 0.15) is 0 Å². The third kappa shape index (κ3) is 2.59. The van der Waals surface area contributed by atoms with Crippen molar-refractivity contribution in [2.24, 2.45) is 0 Å². The number of para-hydroxylation sites is 2. The topological polar surface area (TPSA) is 3.24 Å². The molecule has 0 radical (unpaired) electrons. The summed E-state index contributed by atoms with van der Waals surface area (Å²) in [6.07, 6.45) is 0. The van der Waals surface area contributed by atoms with Crippen molar-refractivity contribution >= 4 is 11.4 Å². The molecule has 0 unspecified atom stereocenters. The predicted octanol–water partition coefficient (Wildman–Crippen LogP) is 4.09. The van der Waals surface area contributed by atoms with Crippen LogP contribution in [0.5, 0.6) is 0 Å². The molecule has 2 aromatic rings. The van der Waals surface area contributed by atoms with Gasteiger partial charge < -0.3 is 4.90 Å². The summed E-state index contributed by atoms with van der Waals surface area (Å²) in [4.78, 5) is 2.17. The molecule has 1 nitrogen and oxygen atoms in total. The summed E-state index contributed by atoms with van der Waals surface area (Å²) in [5.41, 5.74) is 2.41. The minimum atomic E-state index is 0. The lowest BCUT2D eigenvalue weighted by atomic mass is 10.2. The lowest BCUT2D eigenvalue weighted by molar-refractivity contribution is 1.21. The number of rotatable bonds is 2. The first-order valence-electron chi connectivity index (χ1n) is 4.72. The van der Waals surface area contributed by atoms with Crippen molar-refractivity contribution in [2.45, 2.75) is 7.43 Å². The standard InChI is InChI=1S/C13H13N.CH4/c1-14(12-8-4-2-5-9-12)13-10-6-3-7-11-13;/h2-11H,1H3;1H4. The van der Waals surface area contributed by atoms with Crippen LogP contribution in [0.2, 0.25) is 0 Å². The van der Waals surface area contributed by atoms with Gasteiger partial charge in [-0.3, -0.25) is 0 Å². The Bertz CT molecular complexity index is 341. The molecular weight excluding hydrogens is 182 g/mol. The number of benzene rings is 2. The summed E-state index contributed by atoms with van der Waals surface area (Å²) in [5.74, 6) is 0. The molecule has 2 aromatic carbocycles. The second-order valence-corrected chi connectivity index (χ2v) is 3.23. The van der Waals surface area contributed by atoms with E-state index in [1.165, 1.54) is 11.4 Å². The number of anilines is 2. The zero-order valence-electron chi connectivity index (χ0n) is 8.22. The van der Waals surface area contributed by atoms with Gasteiger partial charge >= 0.3 is 0 Å². The molecule has 0 aliphatic rings. The average Bonchev–Trinajstić information content (AvgIpc) is 2.30. The Morgan fingerprint density at radius 2 is 1.00 bits per heavy atom. The Morgan fingerprint density at radius 3 is 1.33 bits per heavy atom. The van der Waals surface area contributed by atoms with Gasteiger partial charge in [-0.1, -0.05) is 43.8 Å². The van der Waals surface area contributed by atoms with Crippen LogP contribution in [0.4, 0.5) is 11.4 Å². The highest BCUT2D eigenvalue weighted by Gasteiger charge is 2.00. The van der Waals surface area contributed by atoms with Gasteiger partial charge in [-0.15, -0.1) is 0 Å². The van der Waals surface area contributed by atoms with E-state index in [2.05, 4.69) is 60.5 Å². The van der Waals surface area contributed by atoms with Crippen molar-refractivity contribution in [2.75, 3.05) is 11.9 Å². The van der Waals surface area contributed by atoms with E-state index >= 15 is 0 Å². The van der Waals surface area contributed by atoms with Crippen molar-refractivity contribution in [1.29, 1.82) is 0 Å². The smallest absolute Gasteiger partial charge is 0.0408 e. The first-order chi connectivity index (χ1) is 6.88. The van der Waals surface area contributed by atoms with Crippen LogP contribution >= 0.6 is 0 Å². The summed E-state index contributed by atoms with van der Waals surface area (Å²) in [6.45, 7) is 0. The third-order valence-corrected chi connectivity index (χ3v) is 2.29. The van der Waals surface area contributed by atoms with Crippen molar-refractivity contribution in [3.05, 3.63) is 60.7 Å². The Labute approximate surface area is 92.0 Å². The molecule has 78 valence electrons. The predicted molar refractivity (Wildman–Crippen MR) is 67.7 cm³/mol. The first-order valence-corrected chi connectivity index (χ1v) is 4.72. The fraction of sp³-hybridized carbons (Fsp3) is 0.143. The Hall–Kier alpha value is -1.76. The molecule has 0 saturated heterocycles. The van der Waals surface area contributed by atoms with Crippen molar-refractivity contribution < 1.29 is 0 Å². The van der Waals surface area contributed by atoms with Crippen LogP contribution in [-0.2, 0) is 0 Å². The number of hydrogen-bond acceptors (Lipinski definition) is 1. The minimum absolute atomic E-state index is 0. The molecule has 0 aliphatic heterocycles. The van der Waals surface area contributed by atoms with Crippen LogP contribution < -0.4 is 4.90 Å². The molecule has 0 aliphatic carbocycles. The molecule has 0 heterocycles. The van der Waals surface area contributed by atoms with E-state index < -0.39 is 0 Å². The second kappa shape index (κ2) is 5.20. The Kier molecular flexibility index (Phi) is 3.92. The van der Waals surface area contributed by atoms with Crippen molar-refractivity contribution in [3.63, 3.8) is 0 Å².